The van der Waals surface area contributed by atoms with E-state index in [9.17, 15) is 14.7 Å². The molecule has 0 aromatic carbocycles. The van der Waals surface area contributed by atoms with E-state index in [-0.39, 0.29) is 6.04 Å². The Kier molecular flexibility index (Phi) is 4.50. The van der Waals surface area contributed by atoms with Crippen LogP contribution < -0.4 is 0 Å². The molecule has 0 aliphatic heterocycles. The highest BCUT2D eigenvalue weighted by molar-refractivity contribution is 6.07. The molecule has 136 valence electrons. The van der Waals surface area contributed by atoms with Crippen LogP contribution in [0, 0.1) is 0 Å². The summed E-state index contributed by atoms with van der Waals surface area (Å²) in [5.41, 5.74) is 1.38. The minimum atomic E-state index is -1.07. The van der Waals surface area contributed by atoms with Gasteiger partial charge < -0.3 is 14.4 Å². The molecule has 0 bridgehead atoms. The Morgan fingerprint density at radius 1 is 1.31 bits per heavy atom. The zero-order chi connectivity index (χ0) is 19.0. The number of furan rings is 1. The lowest BCUT2D eigenvalue weighted by atomic mass is 10.1. The van der Waals surface area contributed by atoms with Gasteiger partial charge in [0.05, 0.1) is 23.4 Å². The molecule has 0 aliphatic rings. The van der Waals surface area contributed by atoms with Crippen molar-refractivity contribution in [2.24, 2.45) is 0 Å². The van der Waals surface area contributed by atoms with E-state index in [2.05, 4.69) is 10.1 Å². The Bertz CT molecular complexity index is 959. The molecule has 3 aromatic rings. The van der Waals surface area contributed by atoms with Crippen molar-refractivity contribution in [1.29, 1.82) is 0 Å². The first kappa shape index (κ1) is 17.7. The van der Waals surface area contributed by atoms with Gasteiger partial charge in [-0.2, -0.15) is 5.10 Å². The maximum absolute atomic E-state index is 13.0. The number of hydrogen-bond acceptors (Lipinski definition) is 5. The second kappa shape index (κ2) is 6.62. The molecule has 0 saturated heterocycles. The van der Waals surface area contributed by atoms with Gasteiger partial charge in [0.2, 0.25) is 0 Å². The molecule has 0 saturated carbocycles. The van der Waals surface area contributed by atoms with E-state index in [4.69, 9.17) is 4.42 Å². The van der Waals surface area contributed by atoms with Gasteiger partial charge >= 0.3 is 5.97 Å². The molecule has 3 heterocycles. The number of carboxylic acids is 1. The Hall–Kier alpha value is -3.16. The fourth-order valence-electron chi connectivity index (χ4n) is 2.65. The van der Waals surface area contributed by atoms with E-state index < -0.39 is 17.9 Å². The van der Waals surface area contributed by atoms with Crippen LogP contribution in [0.1, 0.15) is 37.2 Å². The average molecular weight is 356 g/mol. The quantitative estimate of drug-likeness (QED) is 0.754. The summed E-state index contributed by atoms with van der Waals surface area (Å²) in [6, 6.07) is 4.19. The maximum atomic E-state index is 13.0. The molecule has 3 rings (SSSR count). The van der Waals surface area contributed by atoms with E-state index in [1.165, 1.54) is 25.1 Å². The van der Waals surface area contributed by atoms with Crippen LogP contribution >= 0.6 is 0 Å². The highest BCUT2D eigenvalue weighted by Crippen LogP contribution is 2.27. The third-order valence-electron chi connectivity index (χ3n) is 4.32. The van der Waals surface area contributed by atoms with Crippen LogP contribution in [0.2, 0.25) is 0 Å². The summed E-state index contributed by atoms with van der Waals surface area (Å²) in [6.07, 6.45) is 3.11. The lowest BCUT2D eigenvalue weighted by molar-refractivity contribution is -0.141. The molecule has 1 N–H and O–H groups in total. The van der Waals surface area contributed by atoms with E-state index in [1.54, 1.807) is 29.1 Å². The second-order valence-corrected chi connectivity index (χ2v) is 6.38. The Balaban J connectivity index is 2.20. The maximum Gasteiger partial charge on any atom is 0.326 e. The first-order valence-corrected chi connectivity index (χ1v) is 8.23. The molecule has 8 heteroatoms. The predicted molar refractivity (Wildman–Crippen MR) is 94.8 cm³/mol. The van der Waals surface area contributed by atoms with Crippen molar-refractivity contribution in [3.05, 3.63) is 36.2 Å². The number of carbonyl (C=O) groups excluding carboxylic acids is 1. The van der Waals surface area contributed by atoms with Crippen molar-refractivity contribution in [2.75, 3.05) is 7.05 Å². The zero-order valence-corrected chi connectivity index (χ0v) is 15.0. The van der Waals surface area contributed by atoms with Crippen LogP contribution in [0.3, 0.4) is 0 Å². The molecule has 8 nitrogen and oxygen atoms in total. The Morgan fingerprint density at radius 3 is 2.62 bits per heavy atom. The molecule has 1 amide bonds. The van der Waals surface area contributed by atoms with Crippen molar-refractivity contribution >= 4 is 22.9 Å². The van der Waals surface area contributed by atoms with Gasteiger partial charge in [-0.3, -0.25) is 4.79 Å². The van der Waals surface area contributed by atoms with E-state index in [1.807, 2.05) is 13.8 Å². The topological polar surface area (TPSA) is 101 Å². The fraction of sp³-hybridized carbons (Fsp3) is 0.333. The van der Waals surface area contributed by atoms with Crippen LogP contribution in [0.5, 0.6) is 0 Å². The predicted octanol–water partition coefficient (Wildman–Crippen LogP) is 2.82. The molecule has 1 atom stereocenters. The van der Waals surface area contributed by atoms with Crippen molar-refractivity contribution in [1.82, 2.24) is 19.7 Å². The molecule has 1 unspecified atom stereocenters. The van der Waals surface area contributed by atoms with E-state index in [0.29, 0.717) is 28.1 Å². The molecule has 26 heavy (non-hydrogen) atoms. The largest absolute Gasteiger partial charge is 0.480 e. The summed E-state index contributed by atoms with van der Waals surface area (Å²) in [5, 5.41) is 14.1. The number of nitrogens with zero attached hydrogens (tertiary/aromatic N) is 4. The first-order valence-electron chi connectivity index (χ1n) is 8.23. The van der Waals surface area contributed by atoms with Crippen molar-refractivity contribution < 1.29 is 19.1 Å². The number of hydrogen-bond donors (Lipinski definition) is 1. The molecule has 0 spiro atoms. The van der Waals surface area contributed by atoms with Crippen molar-refractivity contribution in [2.45, 2.75) is 32.9 Å². The molecular weight excluding hydrogens is 336 g/mol. The third kappa shape index (κ3) is 2.94. The SMILES string of the molecule is CC(C(=O)O)N(C)C(=O)c1cc(-c2ccco2)nc2c1cnn2C(C)C. The minimum absolute atomic E-state index is 0.0467. The van der Waals surface area contributed by atoms with E-state index >= 15 is 0 Å². The van der Waals surface area contributed by atoms with Crippen LogP contribution in [-0.2, 0) is 4.79 Å². The Morgan fingerprint density at radius 2 is 2.04 bits per heavy atom. The summed E-state index contributed by atoms with van der Waals surface area (Å²) in [4.78, 5) is 30.0. The molecule has 3 aromatic heterocycles. The number of fused-ring (bicyclic) bond motifs is 1. The van der Waals surface area contributed by atoms with Gasteiger partial charge in [-0.25, -0.2) is 14.5 Å². The number of amides is 1. The molecular formula is C18H20N4O4. The van der Waals surface area contributed by atoms with Gasteiger partial charge in [0, 0.05) is 13.1 Å². The summed E-state index contributed by atoms with van der Waals surface area (Å²) >= 11 is 0. The van der Waals surface area contributed by atoms with Gasteiger partial charge in [-0.1, -0.05) is 0 Å². The van der Waals surface area contributed by atoms with E-state index in [0.717, 1.165) is 0 Å². The minimum Gasteiger partial charge on any atom is -0.480 e. The molecule has 0 aliphatic carbocycles. The average Bonchev–Trinajstić information content (AvgIpc) is 3.27. The fourth-order valence-corrected chi connectivity index (χ4v) is 2.65. The number of pyridine rings is 1. The highest BCUT2D eigenvalue weighted by atomic mass is 16.4. The molecule has 0 fully saturated rings. The second-order valence-electron chi connectivity index (χ2n) is 6.38. The summed E-state index contributed by atoms with van der Waals surface area (Å²) in [6.45, 7) is 5.39. The van der Waals surface area contributed by atoms with Gasteiger partial charge in [0.25, 0.3) is 5.91 Å². The van der Waals surface area contributed by atoms with Crippen molar-refractivity contribution in [3.63, 3.8) is 0 Å². The standard InChI is InChI=1S/C18H20N4O4/c1-10(2)22-16-13(9-19-22)12(17(23)21(4)11(3)18(24)25)8-14(20-16)15-6-5-7-26-15/h5-11H,1-4H3,(H,24,25). The van der Waals surface area contributed by atoms with Crippen LogP contribution in [0.25, 0.3) is 22.5 Å². The van der Waals surface area contributed by atoms with Gasteiger partial charge in [-0.15, -0.1) is 0 Å². The summed E-state index contributed by atoms with van der Waals surface area (Å²) in [7, 11) is 1.47. The van der Waals surface area contributed by atoms with Gasteiger partial charge in [0.15, 0.2) is 11.4 Å². The number of rotatable bonds is 5. The normalized spacial score (nSPS) is 12.5. The zero-order valence-electron chi connectivity index (χ0n) is 15.0. The van der Waals surface area contributed by atoms with Crippen LogP contribution in [-0.4, -0.2) is 49.7 Å². The summed E-state index contributed by atoms with van der Waals surface area (Å²) < 4.78 is 7.14. The summed E-state index contributed by atoms with van der Waals surface area (Å²) in [5.74, 6) is -0.968. The number of aromatic nitrogens is 3. The number of carbonyl (C=O) groups is 2. The number of likely N-dealkylation sites (N-methyl/N-ethyl adjacent to an activating group) is 1. The van der Waals surface area contributed by atoms with Gasteiger partial charge in [-0.05, 0) is 39.0 Å². The highest BCUT2D eigenvalue weighted by Gasteiger charge is 2.26. The van der Waals surface area contributed by atoms with Crippen molar-refractivity contribution in [3.8, 4) is 11.5 Å². The monoisotopic (exact) mass is 356 g/mol. The third-order valence-corrected chi connectivity index (χ3v) is 4.32. The smallest absolute Gasteiger partial charge is 0.326 e. The lowest BCUT2D eigenvalue weighted by Crippen LogP contribution is -2.40. The van der Waals surface area contributed by atoms with Gasteiger partial charge in [0.1, 0.15) is 11.7 Å². The Labute approximate surface area is 150 Å². The molecule has 0 radical (unpaired) electrons. The lowest BCUT2D eigenvalue weighted by Gasteiger charge is -2.22. The number of carboxylic acid groups (broad SMARTS) is 1. The van der Waals surface area contributed by atoms with Crippen LogP contribution in [0.15, 0.2) is 35.1 Å². The first-order chi connectivity index (χ1) is 12.3. The number of aliphatic carboxylic acids is 1. The van der Waals surface area contributed by atoms with Crippen LogP contribution in [0.4, 0.5) is 0 Å².